The molecule has 0 saturated carbocycles. The second-order valence-electron chi connectivity index (χ2n) is 2.54. The lowest BCUT2D eigenvalue weighted by Gasteiger charge is -1.98. The highest BCUT2D eigenvalue weighted by Crippen LogP contribution is 2.03. The Morgan fingerprint density at radius 1 is 1.55 bits per heavy atom. The van der Waals surface area contributed by atoms with Gasteiger partial charge in [0.1, 0.15) is 0 Å². The number of rotatable bonds is 2. The molecule has 0 atom stereocenters. The molecule has 0 N–H and O–H groups in total. The summed E-state index contributed by atoms with van der Waals surface area (Å²) in [6.45, 7) is 4.12. The van der Waals surface area contributed by atoms with Crippen molar-refractivity contribution in [3.05, 3.63) is 41.7 Å². The third-order valence-electron chi connectivity index (χ3n) is 1.66. The van der Waals surface area contributed by atoms with Crippen molar-refractivity contribution in [2.75, 3.05) is 0 Å². The molecule has 11 heavy (non-hydrogen) atoms. The van der Waals surface area contributed by atoms with Crippen LogP contribution in [0.3, 0.4) is 0 Å². The highest BCUT2D eigenvalue weighted by Gasteiger charge is 1.93. The summed E-state index contributed by atoms with van der Waals surface area (Å²) in [7, 11) is 0. The summed E-state index contributed by atoms with van der Waals surface area (Å²) in [4.78, 5) is 4.26. The molecular formula is C10H13N. The van der Waals surface area contributed by atoms with Gasteiger partial charge in [-0.25, -0.2) is 0 Å². The van der Waals surface area contributed by atoms with Crippen LogP contribution in [0, 0.1) is 6.92 Å². The molecule has 58 valence electrons. The second kappa shape index (κ2) is 3.91. The fraction of sp³-hybridized carbons (Fsp3) is 0.300. The van der Waals surface area contributed by atoms with E-state index in [1.54, 1.807) is 0 Å². The van der Waals surface area contributed by atoms with E-state index in [4.69, 9.17) is 0 Å². The van der Waals surface area contributed by atoms with Gasteiger partial charge in [0, 0.05) is 18.3 Å². The minimum atomic E-state index is 0.948. The van der Waals surface area contributed by atoms with Crippen molar-refractivity contribution in [3.63, 3.8) is 0 Å². The lowest BCUT2D eigenvalue weighted by Crippen LogP contribution is -1.89. The molecule has 0 saturated heterocycles. The van der Waals surface area contributed by atoms with Crippen LogP contribution in [-0.4, -0.2) is 4.98 Å². The van der Waals surface area contributed by atoms with Crippen LogP contribution in [0.1, 0.15) is 18.2 Å². The number of aromatic nitrogens is 1. The third kappa shape index (κ3) is 2.19. The molecule has 0 aromatic carbocycles. The number of allylic oxidation sites excluding steroid dienone is 2. The van der Waals surface area contributed by atoms with Gasteiger partial charge in [0.2, 0.25) is 0 Å². The Hall–Kier alpha value is -1.11. The lowest BCUT2D eigenvalue weighted by molar-refractivity contribution is 1.07. The standard InChI is InChI=1S/C10H13N/c1-3-4-7-10-9(2)6-5-8-11-10/h3-6,8H,7H2,1-2H3/b4-3-. The van der Waals surface area contributed by atoms with Crippen molar-refractivity contribution in [1.29, 1.82) is 0 Å². The van der Waals surface area contributed by atoms with Gasteiger partial charge in [-0.2, -0.15) is 0 Å². The number of pyridine rings is 1. The van der Waals surface area contributed by atoms with Gasteiger partial charge >= 0.3 is 0 Å². The van der Waals surface area contributed by atoms with Gasteiger partial charge in [0.05, 0.1) is 0 Å². The maximum absolute atomic E-state index is 4.26. The molecule has 1 heterocycles. The lowest BCUT2D eigenvalue weighted by atomic mass is 10.1. The summed E-state index contributed by atoms with van der Waals surface area (Å²) < 4.78 is 0. The van der Waals surface area contributed by atoms with Crippen molar-refractivity contribution in [2.45, 2.75) is 20.3 Å². The monoisotopic (exact) mass is 147 g/mol. The van der Waals surface area contributed by atoms with Gasteiger partial charge in [-0.15, -0.1) is 0 Å². The van der Waals surface area contributed by atoms with E-state index in [2.05, 4.69) is 24.1 Å². The number of aryl methyl sites for hydroxylation is 1. The van der Waals surface area contributed by atoms with Crippen molar-refractivity contribution < 1.29 is 0 Å². The molecule has 1 aromatic heterocycles. The van der Waals surface area contributed by atoms with Gasteiger partial charge in [-0.1, -0.05) is 18.2 Å². The SMILES string of the molecule is C/C=C\Cc1ncccc1C. The smallest absolute Gasteiger partial charge is 0.0470 e. The first-order valence-corrected chi connectivity index (χ1v) is 3.86. The van der Waals surface area contributed by atoms with Crippen molar-refractivity contribution >= 4 is 0 Å². The molecule has 0 aliphatic heterocycles. The molecule has 0 spiro atoms. The van der Waals surface area contributed by atoms with E-state index < -0.39 is 0 Å². The molecule has 0 fully saturated rings. The van der Waals surface area contributed by atoms with Gasteiger partial charge in [-0.05, 0) is 25.5 Å². The van der Waals surface area contributed by atoms with Gasteiger partial charge in [0.15, 0.2) is 0 Å². The molecule has 0 bridgehead atoms. The summed E-state index contributed by atoms with van der Waals surface area (Å²) in [6.07, 6.45) is 6.96. The van der Waals surface area contributed by atoms with Crippen molar-refractivity contribution in [2.24, 2.45) is 0 Å². The summed E-state index contributed by atoms with van der Waals surface area (Å²) in [5.74, 6) is 0. The Balaban J connectivity index is 2.77. The molecule has 0 aliphatic carbocycles. The molecule has 1 heteroatoms. The van der Waals surface area contributed by atoms with Crippen LogP contribution >= 0.6 is 0 Å². The minimum absolute atomic E-state index is 0.948. The van der Waals surface area contributed by atoms with Crippen molar-refractivity contribution in [1.82, 2.24) is 4.98 Å². The van der Waals surface area contributed by atoms with E-state index in [0.717, 1.165) is 6.42 Å². The summed E-state index contributed by atoms with van der Waals surface area (Å²) in [6, 6.07) is 4.06. The number of hydrogen-bond donors (Lipinski definition) is 0. The molecule has 0 radical (unpaired) electrons. The predicted octanol–water partition coefficient (Wildman–Crippen LogP) is 2.51. The largest absolute Gasteiger partial charge is 0.261 e. The second-order valence-corrected chi connectivity index (χ2v) is 2.54. The zero-order valence-corrected chi connectivity index (χ0v) is 7.04. The molecule has 0 unspecified atom stereocenters. The quantitative estimate of drug-likeness (QED) is 0.586. The van der Waals surface area contributed by atoms with E-state index in [0.29, 0.717) is 0 Å². The average Bonchev–Trinajstić information content (AvgIpc) is 2.03. The Labute approximate surface area is 67.8 Å². The zero-order valence-electron chi connectivity index (χ0n) is 7.04. The molecule has 0 aliphatic rings. The Kier molecular flexibility index (Phi) is 2.84. The first-order valence-electron chi connectivity index (χ1n) is 3.86. The van der Waals surface area contributed by atoms with E-state index >= 15 is 0 Å². The Bertz CT molecular complexity index is 251. The first-order chi connectivity index (χ1) is 5.34. The first kappa shape index (κ1) is 7.99. The molecule has 1 nitrogen and oxygen atoms in total. The Morgan fingerprint density at radius 3 is 3.00 bits per heavy atom. The highest BCUT2D eigenvalue weighted by atomic mass is 14.7. The van der Waals surface area contributed by atoms with Crippen molar-refractivity contribution in [3.8, 4) is 0 Å². The fourth-order valence-electron chi connectivity index (χ4n) is 0.962. The topological polar surface area (TPSA) is 12.9 Å². The van der Waals surface area contributed by atoms with E-state index in [-0.39, 0.29) is 0 Å². The van der Waals surface area contributed by atoms with Gasteiger partial charge in [0.25, 0.3) is 0 Å². The van der Waals surface area contributed by atoms with Crippen LogP contribution in [-0.2, 0) is 6.42 Å². The predicted molar refractivity (Wildman–Crippen MR) is 47.5 cm³/mol. The molecule has 1 aromatic rings. The maximum Gasteiger partial charge on any atom is 0.0470 e. The van der Waals surface area contributed by atoms with Crippen LogP contribution in [0.4, 0.5) is 0 Å². The molecule has 0 amide bonds. The summed E-state index contributed by atoms with van der Waals surface area (Å²) in [5, 5.41) is 0. The normalized spacial score (nSPS) is 10.7. The molecule has 1 rings (SSSR count). The van der Waals surface area contributed by atoms with Crippen LogP contribution < -0.4 is 0 Å². The third-order valence-corrected chi connectivity index (χ3v) is 1.66. The number of hydrogen-bond acceptors (Lipinski definition) is 1. The van der Waals surface area contributed by atoms with Crippen LogP contribution in [0.25, 0.3) is 0 Å². The van der Waals surface area contributed by atoms with Gasteiger partial charge < -0.3 is 0 Å². The Morgan fingerprint density at radius 2 is 2.36 bits per heavy atom. The van der Waals surface area contributed by atoms with E-state index in [1.807, 2.05) is 25.3 Å². The van der Waals surface area contributed by atoms with Gasteiger partial charge in [-0.3, -0.25) is 4.98 Å². The van der Waals surface area contributed by atoms with Crippen LogP contribution in [0.15, 0.2) is 30.5 Å². The maximum atomic E-state index is 4.26. The summed E-state index contributed by atoms with van der Waals surface area (Å²) >= 11 is 0. The summed E-state index contributed by atoms with van der Waals surface area (Å²) in [5.41, 5.74) is 2.44. The average molecular weight is 147 g/mol. The number of nitrogens with zero attached hydrogens (tertiary/aromatic N) is 1. The molecular weight excluding hydrogens is 134 g/mol. The van der Waals surface area contributed by atoms with E-state index in [9.17, 15) is 0 Å². The van der Waals surface area contributed by atoms with Crippen LogP contribution in [0.5, 0.6) is 0 Å². The minimum Gasteiger partial charge on any atom is -0.261 e. The van der Waals surface area contributed by atoms with Crippen LogP contribution in [0.2, 0.25) is 0 Å². The van der Waals surface area contributed by atoms with E-state index in [1.165, 1.54) is 11.3 Å². The fourth-order valence-corrected chi connectivity index (χ4v) is 0.962. The zero-order chi connectivity index (χ0) is 8.10. The highest BCUT2D eigenvalue weighted by molar-refractivity contribution is 5.19.